The lowest BCUT2D eigenvalue weighted by Gasteiger charge is -2.49. The third kappa shape index (κ3) is 5.33. The number of carbonyl (C=O) groups is 2. The number of ketones is 1. The van der Waals surface area contributed by atoms with Crippen molar-refractivity contribution >= 4 is 44.0 Å². The number of amides is 1. The van der Waals surface area contributed by atoms with Crippen molar-refractivity contribution in [2.45, 2.75) is 70.2 Å². The number of aromatic nitrogens is 1. The highest BCUT2D eigenvalue weighted by Gasteiger charge is 2.58. The van der Waals surface area contributed by atoms with Gasteiger partial charge in [0.2, 0.25) is 11.7 Å². The standard InChI is InChI=1S/C26H28F3N3O7S2/c1-13-12-30-24(40-13)31-22(34)6-4-15-10-21(33)25(2)8-7-16-17(23(15)25)5-3-14-9-20(19(32(35)36)11-18(14)16)39-41(37,38)26(27,28)29/h9,11-12,15-17,23H,3-8,10H2,1-2H3,(H,30,31,34)/t15?,16?,17?,23?,25-/m1/s1. The second-order valence-corrected chi connectivity index (χ2v) is 14.1. The summed E-state index contributed by atoms with van der Waals surface area (Å²) in [4.78, 5) is 41.8. The quantitative estimate of drug-likeness (QED) is 0.182. The van der Waals surface area contributed by atoms with Crippen molar-refractivity contribution in [3.8, 4) is 5.75 Å². The van der Waals surface area contributed by atoms with Crippen LogP contribution in [0.5, 0.6) is 5.75 Å². The fourth-order valence-electron chi connectivity index (χ4n) is 7.20. The van der Waals surface area contributed by atoms with Gasteiger partial charge in [-0.05, 0) is 79.9 Å². The number of fused-ring (bicyclic) bond motifs is 5. The van der Waals surface area contributed by atoms with Crippen LogP contribution in [0.4, 0.5) is 24.0 Å². The minimum atomic E-state index is -6.10. The Morgan fingerprint density at radius 1 is 1.32 bits per heavy atom. The molecule has 3 aliphatic carbocycles. The van der Waals surface area contributed by atoms with Crippen molar-refractivity contribution < 1.29 is 40.3 Å². The molecule has 1 aromatic heterocycles. The average molecular weight is 616 g/mol. The summed E-state index contributed by atoms with van der Waals surface area (Å²) in [6.45, 7) is 3.83. The topological polar surface area (TPSA) is 146 Å². The van der Waals surface area contributed by atoms with E-state index in [2.05, 4.69) is 14.5 Å². The van der Waals surface area contributed by atoms with Gasteiger partial charge in [0.15, 0.2) is 5.13 Å². The third-order valence-corrected chi connectivity index (χ3v) is 10.7. The van der Waals surface area contributed by atoms with E-state index in [1.165, 1.54) is 11.3 Å². The number of nitrogens with one attached hydrogen (secondary N) is 1. The molecular formula is C26H28F3N3O7S2. The van der Waals surface area contributed by atoms with E-state index in [1.54, 1.807) is 6.20 Å². The maximum Gasteiger partial charge on any atom is 0.534 e. The molecule has 222 valence electrons. The molecule has 5 rings (SSSR count). The van der Waals surface area contributed by atoms with Gasteiger partial charge in [-0.25, -0.2) is 4.98 Å². The minimum absolute atomic E-state index is 0.0346. The third-order valence-electron chi connectivity index (χ3n) is 8.94. The molecule has 3 aliphatic rings. The first-order valence-electron chi connectivity index (χ1n) is 13.2. The molecule has 41 heavy (non-hydrogen) atoms. The molecule has 2 aromatic rings. The number of hydrogen-bond acceptors (Lipinski definition) is 9. The zero-order valence-corrected chi connectivity index (χ0v) is 23.8. The van der Waals surface area contributed by atoms with Crippen molar-refractivity contribution in [2.75, 3.05) is 5.32 Å². The monoisotopic (exact) mass is 615 g/mol. The van der Waals surface area contributed by atoms with E-state index in [0.717, 1.165) is 17.0 Å². The molecule has 0 aliphatic heterocycles. The summed E-state index contributed by atoms with van der Waals surface area (Å²) in [5.74, 6) is -1.41. The summed E-state index contributed by atoms with van der Waals surface area (Å²) in [5, 5.41) is 15.1. The zero-order chi connectivity index (χ0) is 29.9. The molecule has 2 saturated carbocycles. The van der Waals surface area contributed by atoms with Crippen molar-refractivity contribution in [3.05, 3.63) is 44.4 Å². The van der Waals surface area contributed by atoms with Crippen LogP contribution in [0.1, 0.15) is 67.4 Å². The lowest BCUT2D eigenvalue weighted by Crippen LogP contribution is -2.44. The second-order valence-electron chi connectivity index (χ2n) is 11.3. The summed E-state index contributed by atoms with van der Waals surface area (Å²) in [5.41, 5.74) is -6.13. The van der Waals surface area contributed by atoms with E-state index in [0.29, 0.717) is 54.8 Å². The summed E-state index contributed by atoms with van der Waals surface area (Å²) in [6.07, 6.45) is 4.67. The molecule has 15 heteroatoms. The maximum absolute atomic E-state index is 13.2. The molecule has 1 aromatic carbocycles. The van der Waals surface area contributed by atoms with Crippen molar-refractivity contribution in [2.24, 2.45) is 23.2 Å². The molecule has 4 unspecified atom stereocenters. The first-order valence-corrected chi connectivity index (χ1v) is 15.4. The van der Waals surface area contributed by atoms with Crippen LogP contribution in [-0.4, -0.2) is 35.5 Å². The van der Waals surface area contributed by atoms with Gasteiger partial charge >= 0.3 is 21.3 Å². The minimum Gasteiger partial charge on any atom is -0.369 e. The molecule has 1 amide bonds. The number of halogens is 3. The molecule has 0 radical (unpaired) electrons. The van der Waals surface area contributed by atoms with Gasteiger partial charge in [0.25, 0.3) is 0 Å². The predicted molar refractivity (Wildman–Crippen MR) is 142 cm³/mol. The molecule has 5 atom stereocenters. The van der Waals surface area contributed by atoms with E-state index in [1.807, 2.05) is 13.8 Å². The highest BCUT2D eigenvalue weighted by atomic mass is 32.2. The number of alkyl halides is 3. The normalized spacial score (nSPS) is 27.5. The van der Waals surface area contributed by atoms with Gasteiger partial charge in [0.05, 0.1) is 4.92 Å². The van der Waals surface area contributed by atoms with E-state index in [9.17, 15) is 41.3 Å². The fraction of sp³-hybridized carbons (Fsp3) is 0.577. The Morgan fingerprint density at radius 3 is 2.68 bits per heavy atom. The van der Waals surface area contributed by atoms with Crippen molar-refractivity contribution in [1.82, 2.24) is 4.98 Å². The highest BCUT2D eigenvalue weighted by Crippen LogP contribution is 2.62. The number of rotatable bonds is 7. The highest BCUT2D eigenvalue weighted by molar-refractivity contribution is 7.88. The average Bonchev–Trinajstić information content (AvgIpc) is 3.40. The van der Waals surface area contributed by atoms with E-state index < -0.39 is 37.4 Å². The van der Waals surface area contributed by atoms with Crippen molar-refractivity contribution in [1.29, 1.82) is 0 Å². The van der Waals surface area contributed by atoms with Gasteiger partial charge in [-0.15, -0.1) is 11.3 Å². The van der Waals surface area contributed by atoms with Crippen LogP contribution in [0, 0.1) is 40.2 Å². The Labute approximate surface area is 238 Å². The second kappa shape index (κ2) is 10.3. The number of carbonyl (C=O) groups excluding carboxylic acids is 2. The van der Waals surface area contributed by atoms with E-state index in [4.69, 9.17) is 0 Å². The van der Waals surface area contributed by atoms with Gasteiger partial charge < -0.3 is 9.50 Å². The molecule has 10 nitrogen and oxygen atoms in total. The van der Waals surface area contributed by atoms with Crippen LogP contribution in [0.2, 0.25) is 0 Å². The van der Waals surface area contributed by atoms with Crippen LogP contribution in [0.3, 0.4) is 0 Å². The van der Waals surface area contributed by atoms with E-state index >= 15 is 0 Å². The lowest BCUT2D eigenvalue weighted by molar-refractivity contribution is -0.385. The molecular weight excluding hydrogens is 587 g/mol. The van der Waals surface area contributed by atoms with E-state index in [-0.39, 0.29) is 41.8 Å². The van der Waals surface area contributed by atoms with Gasteiger partial charge in [-0.2, -0.15) is 21.6 Å². The number of aryl methyl sites for hydroxylation is 2. The lowest BCUT2D eigenvalue weighted by atomic mass is 9.54. The Bertz CT molecular complexity index is 1520. The number of anilines is 1. The number of nitrogens with zero attached hydrogens (tertiary/aromatic N) is 2. The Kier molecular flexibility index (Phi) is 7.41. The first-order chi connectivity index (χ1) is 19.1. The number of Topliss-reactive ketones (excluding diaryl/α,β-unsaturated/α-hetero) is 1. The fourth-order valence-corrected chi connectivity index (χ4v) is 8.34. The number of thiazole rings is 1. The molecule has 0 saturated heterocycles. The molecule has 1 heterocycles. The molecule has 1 N–H and O–H groups in total. The largest absolute Gasteiger partial charge is 0.534 e. The predicted octanol–water partition coefficient (Wildman–Crippen LogP) is 5.66. The first kappa shape index (κ1) is 29.4. The van der Waals surface area contributed by atoms with Crippen molar-refractivity contribution in [3.63, 3.8) is 0 Å². The van der Waals surface area contributed by atoms with Crippen LogP contribution in [-0.2, 0) is 26.1 Å². The maximum atomic E-state index is 13.2. The molecule has 0 bridgehead atoms. The van der Waals surface area contributed by atoms with Gasteiger partial charge in [-0.3, -0.25) is 19.7 Å². The van der Waals surface area contributed by atoms with Gasteiger partial charge in [-0.1, -0.05) is 6.92 Å². The molecule has 0 spiro atoms. The Morgan fingerprint density at radius 2 is 2.05 bits per heavy atom. The molecule has 2 fully saturated rings. The number of hydrogen-bond donors (Lipinski definition) is 1. The van der Waals surface area contributed by atoms with Crippen LogP contribution in [0.15, 0.2) is 18.3 Å². The number of nitro groups is 1. The Hall–Kier alpha value is -3.07. The number of nitro benzene ring substituents is 1. The van der Waals surface area contributed by atoms with Gasteiger partial charge in [0, 0.05) is 35.4 Å². The summed E-state index contributed by atoms with van der Waals surface area (Å²) in [7, 11) is -6.10. The van der Waals surface area contributed by atoms with Gasteiger partial charge in [0.1, 0.15) is 5.78 Å². The summed E-state index contributed by atoms with van der Waals surface area (Å²) < 4.78 is 66.2. The number of benzene rings is 1. The van der Waals surface area contributed by atoms with Crippen LogP contribution < -0.4 is 9.50 Å². The summed E-state index contributed by atoms with van der Waals surface area (Å²) >= 11 is 1.37. The Balaban J connectivity index is 1.40. The van der Waals surface area contributed by atoms with Crippen LogP contribution in [0.25, 0.3) is 0 Å². The smallest absolute Gasteiger partial charge is 0.369 e. The summed E-state index contributed by atoms with van der Waals surface area (Å²) in [6, 6.07) is 2.16. The van der Waals surface area contributed by atoms with Crippen LogP contribution >= 0.6 is 11.3 Å². The zero-order valence-electron chi connectivity index (χ0n) is 22.2. The SMILES string of the molecule is Cc1cnc(NC(=O)CCC2CC(=O)[C@@]3(C)CCC4c5cc([N+](=O)[O-])c(OS(=O)(=O)C(F)(F)F)cc5CCC4C23)s1.